The van der Waals surface area contributed by atoms with Gasteiger partial charge in [-0.15, -0.1) is 0 Å². The molecule has 2 heterocycles. The first-order valence-electron chi connectivity index (χ1n) is 9.98. The maximum Gasteiger partial charge on any atom is 0.243 e. The number of amides is 1. The molecule has 0 saturated carbocycles. The van der Waals surface area contributed by atoms with Crippen molar-refractivity contribution in [3.8, 4) is 11.5 Å². The maximum absolute atomic E-state index is 12.9. The van der Waals surface area contributed by atoms with Crippen LogP contribution in [0.4, 0.5) is 0 Å². The number of methoxy groups -OCH3 is 2. The second-order valence-electron chi connectivity index (χ2n) is 7.30. The molecule has 164 valence electrons. The van der Waals surface area contributed by atoms with Crippen molar-refractivity contribution in [2.45, 2.75) is 11.4 Å². The number of carbonyl (C=O) groups excluding carboxylic acids is 1. The quantitative estimate of drug-likeness (QED) is 0.583. The molecular weight excluding hydrogens is 418 g/mol. The van der Waals surface area contributed by atoms with Gasteiger partial charge in [0.25, 0.3) is 0 Å². The van der Waals surface area contributed by atoms with E-state index in [-0.39, 0.29) is 30.4 Å². The summed E-state index contributed by atoms with van der Waals surface area (Å²) in [4.78, 5) is 14.8. The fourth-order valence-electron chi connectivity index (χ4n) is 3.84. The zero-order chi connectivity index (χ0) is 22.0. The first-order chi connectivity index (χ1) is 14.9. The lowest BCUT2D eigenvalue weighted by atomic mass is 10.2. The Morgan fingerprint density at radius 2 is 1.65 bits per heavy atom. The van der Waals surface area contributed by atoms with Crippen LogP contribution in [0.1, 0.15) is 0 Å². The highest BCUT2D eigenvalue weighted by Gasteiger charge is 2.30. The number of hydrogen-bond donors (Lipinski definition) is 0. The Bertz CT molecular complexity index is 1180. The molecule has 1 saturated heterocycles. The number of para-hydroxylation sites is 1. The largest absolute Gasteiger partial charge is 0.497 e. The highest BCUT2D eigenvalue weighted by Crippen LogP contribution is 2.27. The van der Waals surface area contributed by atoms with Crippen LogP contribution in [0.3, 0.4) is 0 Å². The molecule has 1 aliphatic rings. The Morgan fingerprint density at radius 1 is 0.935 bits per heavy atom. The van der Waals surface area contributed by atoms with Crippen LogP contribution >= 0.6 is 0 Å². The van der Waals surface area contributed by atoms with Gasteiger partial charge in [-0.2, -0.15) is 4.31 Å². The minimum Gasteiger partial charge on any atom is -0.497 e. The molecule has 0 spiro atoms. The van der Waals surface area contributed by atoms with E-state index in [1.165, 1.54) is 23.5 Å². The molecule has 1 aliphatic heterocycles. The van der Waals surface area contributed by atoms with Gasteiger partial charge in [0.1, 0.15) is 18.0 Å². The van der Waals surface area contributed by atoms with Crippen LogP contribution in [-0.2, 0) is 21.4 Å². The number of carbonyl (C=O) groups is 1. The number of hydrogen-bond acceptors (Lipinski definition) is 5. The summed E-state index contributed by atoms with van der Waals surface area (Å²) in [7, 11) is -0.464. The van der Waals surface area contributed by atoms with Gasteiger partial charge in [0.2, 0.25) is 15.9 Å². The van der Waals surface area contributed by atoms with Crippen LogP contribution in [0.15, 0.2) is 59.6 Å². The summed E-state index contributed by atoms with van der Waals surface area (Å²) in [6, 6.07) is 14.0. The number of sulfonamides is 1. The van der Waals surface area contributed by atoms with Gasteiger partial charge in [0.15, 0.2) is 0 Å². The van der Waals surface area contributed by atoms with Gasteiger partial charge in [-0.3, -0.25) is 4.79 Å². The minimum atomic E-state index is -3.61. The molecule has 31 heavy (non-hydrogen) atoms. The first-order valence-corrected chi connectivity index (χ1v) is 11.4. The van der Waals surface area contributed by atoms with Gasteiger partial charge in [0.05, 0.1) is 24.6 Å². The van der Waals surface area contributed by atoms with Crippen molar-refractivity contribution in [1.82, 2.24) is 13.8 Å². The zero-order valence-electron chi connectivity index (χ0n) is 17.5. The van der Waals surface area contributed by atoms with Gasteiger partial charge < -0.3 is 18.9 Å². The predicted molar refractivity (Wildman–Crippen MR) is 117 cm³/mol. The molecular formula is C22H25N3O5S. The van der Waals surface area contributed by atoms with Crippen molar-refractivity contribution in [2.24, 2.45) is 0 Å². The lowest BCUT2D eigenvalue weighted by Crippen LogP contribution is -2.51. The third-order valence-corrected chi connectivity index (χ3v) is 7.48. The Hall–Kier alpha value is -3.04. The standard InChI is InChI=1S/C22H25N3O5S/c1-29-18-6-8-19(9-7-18)31(27,28)25-14-12-23(13-15-25)21(26)16-24-11-10-17-4-3-5-20(30-2)22(17)24/h3-11H,12-16H2,1-2H3. The number of nitrogens with zero attached hydrogens (tertiary/aromatic N) is 3. The molecule has 4 rings (SSSR count). The number of benzene rings is 2. The van der Waals surface area contributed by atoms with E-state index in [2.05, 4.69) is 0 Å². The molecule has 1 aromatic heterocycles. The summed E-state index contributed by atoms with van der Waals surface area (Å²) in [6.45, 7) is 1.40. The van der Waals surface area contributed by atoms with Gasteiger partial charge in [-0.1, -0.05) is 12.1 Å². The van der Waals surface area contributed by atoms with Crippen molar-refractivity contribution in [1.29, 1.82) is 0 Å². The van der Waals surface area contributed by atoms with Crippen LogP contribution in [0.25, 0.3) is 10.9 Å². The SMILES string of the molecule is COc1ccc(S(=O)(=O)N2CCN(C(=O)Cn3ccc4cccc(OC)c43)CC2)cc1. The smallest absolute Gasteiger partial charge is 0.243 e. The molecule has 0 atom stereocenters. The second-order valence-corrected chi connectivity index (χ2v) is 9.24. The predicted octanol–water partition coefficient (Wildman–Crippen LogP) is 2.19. The minimum absolute atomic E-state index is 0.0510. The van der Waals surface area contributed by atoms with Gasteiger partial charge in [-0.05, 0) is 36.4 Å². The molecule has 1 amide bonds. The molecule has 2 aromatic carbocycles. The molecule has 8 nitrogen and oxygen atoms in total. The Labute approximate surface area is 181 Å². The third kappa shape index (κ3) is 4.11. The summed E-state index contributed by atoms with van der Waals surface area (Å²) >= 11 is 0. The number of rotatable bonds is 6. The van der Waals surface area contributed by atoms with E-state index >= 15 is 0 Å². The van der Waals surface area contributed by atoms with E-state index in [1.807, 2.05) is 35.0 Å². The topological polar surface area (TPSA) is 81.1 Å². The molecule has 1 fully saturated rings. The van der Waals surface area contributed by atoms with Crippen molar-refractivity contribution in [2.75, 3.05) is 40.4 Å². The normalized spacial score (nSPS) is 15.2. The Kier molecular flexibility index (Phi) is 5.88. The number of ether oxygens (including phenoxy) is 2. The van der Waals surface area contributed by atoms with Gasteiger partial charge >= 0.3 is 0 Å². The number of piperazine rings is 1. The summed E-state index contributed by atoms with van der Waals surface area (Å²) in [5.41, 5.74) is 0.874. The van der Waals surface area contributed by atoms with E-state index < -0.39 is 10.0 Å². The van der Waals surface area contributed by atoms with Crippen LogP contribution in [0, 0.1) is 0 Å². The van der Waals surface area contributed by atoms with Crippen LogP contribution in [-0.4, -0.2) is 68.5 Å². The van der Waals surface area contributed by atoms with Crippen LogP contribution in [0.5, 0.6) is 11.5 Å². The van der Waals surface area contributed by atoms with E-state index in [1.54, 1.807) is 24.1 Å². The second kappa shape index (κ2) is 8.60. The van der Waals surface area contributed by atoms with Gasteiger partial charge in [0, 0.05) is 37.8 Å². The fourth-order valence-corrected chi connectivity index (χ4v) is 5.26. The zero-order valence-corrected chi connectivity index (χ0v) is 18.3. The molecule has 0 bridgehead atoms. The molecule has 3 aromatic rings. The van der Waals surface area contributed by atoms with Crippen molar-refractivity contribution >= 4 is 26.8 Å². The average molecular weight is 444 g/mol. The molecule has 0 aliphatic carbocycles. The fraction of sp³-hybridized carbons (Fsp3) is 0.318. The number of aromatic nitrogens is 1. The summed E-state index contributed by atoms with van der Waals surface area (Å²) in [5, 5.41) is 1.00. The van der Waals surface area contributed by atoms with E-state index in [0.29, 0.717) is 24.6 Å². The lowest BCUT2D eigenvalue weighted by Gasteiger charge is -2.34. The number of fused-ring (bicyclic) bond motifs is 1. The molecule has 0 N–H and O–H groups in total. The molecule has 0 unspecified atom stereocenters. The highest BCUT2D eigenvalue weighted by atomic mass is 32.2. The average Bonchev–Trinajstić information content (AvgIpc) is 3.22. The molecule has 0 radical (unpaired) electrons. The van der Waals surface area contributed by atoms with Crippen LogP contribution in [0.2, 0.25) is 0 Å². The van der Waals surface area contributed by atoms with Crippen molar-refractivity contribution < 1.29 is 22.7 Å². The first kappa shape index (κ1) is 21.2. The molecule has 9 heteroatoms. The Morgan fingerprint density at radius 3 is 2.29 bits per heavy atom. The van der Waals surface area contributed by atoms with Crippen molar-refractivity contribution in [3.05, 3.63) is 54.7 Å². The summed E-state index contributed by atoms with van der Waals surface area (Å²) < 4.78 is 39.6. The summed E-state index contributed by atoms with van der Waals surface area (Å²) in [6.07, 6.45) is 1.87. The Balaban J connectivity index is 1.42. The van der Waals surface area contributed by atoms with Crippen molar-refractivity contribution in [3.63, 3.8) is 0 Å². The lowest BCUT2D eigenvalue weighted by molar-refractivity contribution is -0.132. The van der Waals surface area contributed by atoms with E-state index in [4.69, 9.17) is 9.47 Å². The van der Waals surface area contributed by atoms with E-state index in [9.17, 15) is 13.2 Å². The highest BCUT2D eigenvalue weighted by molar-refractivity contribution is 7.89. The van der Waals surface area contributed by atoms with Crippen LogP contribution < -0.4 is 9.47 Å². The summed E-state index contributed by atoms with van der Waals surface area (Å²) in [5.74, 6) is 1.26. The monoisotopic (exact) mass is 443 g/mol. The maximum atomic E-state index is 12.9. The van der Waals surface area contributed by atoms with E-state index in [0.717, 1.165) is 10.9 Å². The third-order valence-electron chi connectivity index (χ3n) is 5.57. The van der Waals surface area contributed by atoms with Gasteiger partial charge in [-0.25, -0.2) is 8.42 Å².